The highest BCUT2D eigenvalue weighted by molar-refractivity contribution is 7.89. The molecule has 5 rings (SSSR count). The van der Waals surface area contributed by atoms with Gasteiger partial charge in [-0.3, -0.25) is 4.68 Å². The molecule has 0 radical (unpaired) electrons. The lowest BCUT2D eigenvalue weighted by Gasteiger charge is -2.17. The SMILES string of the molecule is CCOC(=O)c1nn(-c2ccc(S(N)(=O)=O)cc2)c2c1CCc1c-2cnn1Cc1ccccc1. The largest absolute Gasteiger partial charge is 0.461 e. The molecule has 0 amide bonds. The zero-order chi connectivity index (χ0) is 23.9. The first-order valence-electron chi connectivity index (χ1n) is 10.9. The highest BCUT2D eigenvalue weighted by Crippen LogP contribution is 2.37. The Balaban J connectivity index is 1.63. The smallest absolute Gasteiger partial charge is 0.359 e. The first-order valence-corrected chi connectivity index (χ1v) is 12.4. The number of primary sulfonamides is 1. The number of ether oxygens (including phenoxy) is 1. The lowest BCUT2D eigenvalue weighted by atomic mass is 9.93. The number of nitrogens with zero attached hydrogens (tertiary/aromatic N) is 4. The van der Waals surface area contributed by atoms with Crippen LogP contribution in [0.15, 0.2) is 65.7 Å². The Morgan fingerprint density at radius 3 is 2.50 bits per heavy atom. The van der Waals surface area contributed by atoms with Gasteiger partial charge in [0.1, 0.15) is 0 Å². The van der Waals surface area contributed by atoms with Gasteiger partial charge >= 0.3 is 5.97 Å². The summed E-state index contributed by atoms with van der Waals surface area (Å²) in [6.07, 6.45) is 3.10. The topological polar surface area (TPSA) is 122 Å². The van der Waals surface area contributed by atoms with E-state index in [-0.39, 0.29) is 17.2 Å². The minimum atomic E-state index is -3.83. The third-order valence-electron chi connectivity index (χ3n) is 5.85. The molecule has 4 aromatic rings. The van der Waals surface area contributed by atoms with Crippen LogP contribution in [0.2, 0.25) is 0 Å². The summed E-state index contributed by atoms with van der Waals surface area (Å²) in [7, 11) is -3.83. The summed E-state index contributed by atoms with van der Waals surface area (Å²) in [5.74, 6) is -0.487. The fraction of sp³-hybridized carbons (Fsp3) is 0.208. The highest BCUT2D eigenvalue weighted by atomic mass is 32.2. The first-order chi connectivity index (χ1) is 16.4. The van der Waals surface area contributed by atoms with E-state index in [2.05, 4.69) is 22.3 Å². The lowest BCUT2D eigenvalue weighted by Crippen LogP contribution is -2.14. The Labute approximate surface area is 196 Å². The molecule has 0 fully saturated rings. The van der Waals surface area contributed by atoms with Crippen molar-refractivity contribution in [1.82, 2.24) is 19.6 Å². The van der Waals surface area contributed by atoms with Crippen molar-refractivity contribution in [2.24, 2.45) is 5.14 Å². The predicted molar refractivity (Wildman–Crippen MR) is 125 cm³/mol. The normalized spacial score (nSPS) is 12.8. The molecule has 1 aliphatic rings. The van der Waals surface area contributed by atoms with Gasteiger partial charge in [-0.05, 0) is 49.6 Å². The van der Waals surface area contributed by atoms with E-state index in [1.54, 1.807) is 29.9 Å². The summed E-state index contributed by atoms with van der Waals surface area (Å²) < 4.78 is 32.2. The van der Waals surface area contributed by atoms with Crippen LogP contribution in [0.25, 0.3) is 16.9 Å². The zero-order valence-electron chi connectivity index (χ0n) is 18.5. The second-order valence-corrected chi connectivity index (χ2v) is 9.56. The van der Waals surface area contributed by atoms with Crippen molar-refractivity contribution in [2.45, 2.75) is 31.2 Å². The van der Waals surface area contributed by atoms with E-state index in [1.807, 2.05) is 22.9 Å². The summed E-state index contributed by atoms with van der Waals surface area (Å²) in [6, 6.07) is 16.2. The molecule has 0 aliphatic heterocycles. The monoisotopic (exact) mass is 477 g/mol. The van der Waals surface area contributed by atoms with Gasteiger partial charge in [-0.15, -0.1) is 0 Å². The molecule has 1 aliphatic carbocycles. The predicted octanol–water partition coefficient (Wildman–Crippen LogP) is 2.71. The number of esters is 1. The number of rotatable bonds is 6. The van der Waals surface area contributed by atoms with Crippen LogP contribution in [0.1, 0.15) is 34.2 Å². The maximum Gasteiger partial charge on any atom is 0.359 e. The molecular weight excluding hydrogens is 454 g/mol. The standard InChI is InChI=1S/C24H23N5O4S/c1-2-33-24(30)22-19-12-13-21-20(14-26-28(21)15-16-6-4-3-5-7-16)23(19)29(27-22)17-8-10-18(11-9-17)34(25,31)32/h3-11,14H,2,12-13,15H2,1H3,(H2,25,31,32). The number of hydrogen-bond donors (Lipinski definition) is 1. The molecule has 0 spiro atoms. The molecule has 34 heavy (non-hydrogen) atoms. The molecule has 2 aromatic carbocycles. The maximum atomic E-state index is 12.7. The van der Waals surface area contributed by atoms with Crippen LogP contribution in [-0.4, -0.2) is 40.6 Å². The van der Waals surface area contributed by atoms with Crippen LogP contribution in [0, 0.1) is 0 Å². The van der Waals surface area contributed by atoms with Gasteiger partial charge < -0.3 is 4.74 Å². The van der Waals surface area contributed by atoms with Gasteiger partial charge in [0.2, 0.25) is 10.0 Å². The summed E-state index contributed by atoms with van der Waals surface area (Å²) in [5, 5.41) is 14.5. The van der Waals surface area contributed by atoms with Crippen molar-refractivity contribution in [3.63, 3.8) is 0 Å². The minimum absolute atomic E-state index is 0.000686. The van der Waals surface area contributed by atoms with E-state index in [0.717, 1.165) is 28.1 Å². The summed E-state index contributed by atoms with van der Waals surface area (Å²) in [5.41, 5.74) is 5.48. The molecule has 0 bridgehead atoms. The third kappa shape index (κ3) is 3.91. The van der Waals surface area contributed by atoms with Crippen molar-refractivity contribution in [3.05, 3.63) is 83.3 Å². The van der Waals surface area contributed by atoms with Gasteiger partial charge in [0.25, 0.3) is 0 Å². The number of benzene rings is 2. The molecule has 0 unspecified atom stereocenters. The number of hydrogen-bond acceptors (Lipinski definition) is 6. The minimum Gasteiger partial charge on any atom is -0.461 e. The Morgan fingerprint density at radius 2 is 1.82 bits per heavy atom. The summed E-state index contributed by atoms with van der Waals surface area (Å²) in [4.78, 5) is 12.7. The van der Waals surface area contributed by atoms with E-state index in [0.29, 0.717) is 25.1 Å². The van der Waals surface area contributed by atoms with Gasteiger partial charge in [-0.2, -0.15) is 10.2 Å². The molecule has 9 nitrogen and oxygen atoms in total. The van der Waals surface area contributed by atoms with Crippen molar-refractivity contribution in [2.75, 3.05) is 6.61 Å². The first kappa shape index (κ1) is 22.1. The fourth-order valence-electron chi connectivity index (χ4n) is 4.30. The van der Waals surface area contributed by atoms with Crippen LogP contribution in [-0.2, 0) is 34.1 Å². The number of nitrogens with two attached hydrogens (primary N) is 1. The van der Waals surface area contributed by atoms with Crippen molar-refractivity contribution < 1.29 is 17.9 Å². The average molecular weight is 478 g/mol. The number of aromatic nitrogens is 4. The van der Waals surface area contributed by atoms with Crippen LogP contribution in [0.5, 0.6) is 0 Å². The zero-order valence-corrected chi connectivity index (χ0v) is 19.3. The number of sulfonamides is 1. The van der Waals surface area contributed by atoms with Crippen LogP contribution in [0.4, 0.5) is 0 Å². The maximum absolute atomic E-state index is 12.7. The van der Waals surface area contributed by atoms with Gasteiger partial charge in [0.05, 0.1) is 35.6 Å². The molecular formula is C24H23N5O4S. The molecule has 2 heterocycles. The fourth-order valence-corrected chi connectivity index (χ4v) is 4.81. The summed E-state index contributed by atoms with van der Waals surface area (Å²) in [6.45, 7) is 2.62. The number of carbonyl (C=O) groups excluding carboxylic acids is 1. The number of carbonyl (C=O) groups is 1. The Bertz CT molecular complexity index is 1470. The molecule has 10 heteroatoms. The quantitative estimate of drug-likeness (QED) is 0.426. The third-order valence-corrected chi connectivity index (χ3v) is 6.78. The molecule has 0 saturated heterocycles. The van der Waals surface area contributed by atoms with E-state index in [9.17, 15) is 13.2 Å². The van der Waals surface area contributed by atoms with Gasteiger partial charge in [0.15, 0.2) is 5.69 Å². The van der Waals surface area contributed by atoms with Gasteiger partial charge in [-0.1, -0.05) is 30.3 Å². The molecule has 2 N–H and O–H groups in total. The Kier molecular flexibility index (Phi) is 5.54. The van der Waals surface area contributed by atoms with E-state index >= 15 is 0 Å². The molecule has 0 atom stereocenters. The van der Waals surface area contributed by atoms with Gasteiger partial charge in [0, 0.05) is 16.8 Å². The van der Waals surface area contributed by atoms with Crippen molar-refractivity contribution in [3.8, 4) is 16.9 Å². The van der Waals surface area contributed by atoms with E-state index in [1.165, 1.54) is 12.1 Å². The molecule has 0 saturated carbocycles. The lowest BCUT2D eigenvalue weighted by molar-refractivity contribution is 0.0517. The molecule has 174 valence electrons. The Morgan fingerprint density at radius 1 is 1.09 bits per heavy atom. The van der Waals surface area contributed by atoms with Crippen molar-refractivity contribution >= 4 is 16.0 Å². The van der Waals surface area contributed by atoms with E-state index in [4.69, 9.17) is 9.88 Å². The average Bonchev–Trinajstić information content (AvgIpc) is 3.41. The van der Waals surface area contributed by atoms with Gasteiger partial charge in [-0.25, -0.2) is 23.0 Å². The molecule has 2 aromatic heterocycles. The van der Waals surface area contributed by atoms with Crippen molar-refractivity contribution in [1.29, 1.82) is 0 Å². The van der Waals surface area contributed by atoms with Crippen LogP contribution >= 0.6 is 0 Å². The van der Waals surface area contributed by atoms with Crippen LogP contribution < -0.4 is 5.14 Å². The summed E-state index contributed by atoms with van der Waals surface area (Å²) >= 11 is 0. The highest BCUT2D eigenvalue weighted by Gasteiger charge is 2.31. The number of fused-ring (bicyclic) bond motifs is 3. The van der Waals surface area contributed by atoms with Crippen LogP contribution in [0.3, 0.4) is 0 Å². The Hall–Kier alpha value is -3.76. The second-order valence-electron chi connectivity index (χ2n) is 8.00. The van der Waals surface area contributed by atoms with E-state index < -0.39 is 16.0 Å². The second kappa shape index (κ2) is 8.54.